The number of Topliss-reactive ketones (excluding diaryl/α,β-unsaturated/α-hetero) is 1. The Labute approximate surface area is 105 Å². The van der Waals surface area contributed by atoms with Crippen molar-refractivity contribution in [2.45, 2.75) is 13.0 Å². The average Bonchev–Trinajstić information content (AvgIpc) is 2.36. The maximum Gasteiger partial charge on any atom is 0.409 e. The molecule has 5 heteroatoms. The van der Waals surface area contributed by atoms with Crippen molar-refractivity contribution in [2.24, 2.45) is 0 Å². The molecule has 1 atom stereocenters. The Morgan fingerprint density at radius 2 is 1.82 bits per heavy atom. The van der Waals surface area contributed by atoms with Gasteiger partial charge in [0.05, 0.1) is 13.2 Å². The number of likely N-dealkylation sites (N-methyl/N-ethyl adjacent to an activating group) is 1. The maximum atomic E-state index is 12.0. The monoisotopic (exact) mass is 255 g/mol. The zero-order valence-electron chi connectivity index (χ0n) is 9.94. The first-order valence-electron chi connectivity index (χ1n) is 5.08. The van der Waals surface area contributed by atoms with Gasteiger partial charge < -0.3 is 9.64 Å². The maximum absolute atomic E-state index is 12.0. The van der Waals surface area contributed by atoms with Crippen LogP contribution in [-0.2, 0) is 4.74 Å². The summed E-state index contributed by atoms with van der Waals surface area (Å²) >= 11 is 5.74. The summed E-state index contributed by atoms with van der Waals surface area (Å²) in [7, 11) is 2.79. The summed E-state index contributed by atoms with van der Waals surface area (Å²) in [6, 6.07) is 5.96. The van der Waals surface area contributed by atoms with Gasteiger partial charge in [0.1, 0.15) is 0 Å². The fourth-order valence-electron chi connectivity index (χ4n) is 1.33. The number of hydrogen-bond donors (Lipinski definition) is 0. The van der Waals surface area contributed by atoms with E-state index in [1.165, 1.54) is 19.1 Å². The smallest absolute Gasteiger partial charge is 0.409 e. The van der Waals surface area contributed by atoms with Crippen LogP contribution in [0.2, 0.25) is 5.02 Å². The number of benzene rings is 1. The molecule has 0 N–H and O–H groups in total. The number of nitrogens with zero attached hydrogens (tertiary/aromatic N) is 1. The summed E-state index contributed by atoms with van der Waals surface area (Å²) in [6.07, 6.45) is -0.542. The zero-order valence-corrected chi connectivity index (χ0v) is 10.7. The van der Waals surface area contributed by atoms with Gasteiger partial charge in [0.2, 0.25) is 0 Å². The van der Waals surface area contributed by atoms with Crippen LogP contribution >= 0.6 is 11.6 Å². The first-order chi connectivity index (χ1) is 7.97. The van der Waals surface area contributed by atoms with Crippen LogP contribution in [0.4, 0.5) is 4.79 Å². The van der Waals surface area contributed by atoms with Gasteiger partial charge >= 0.3 is 6.09 Å². The third kappa shape index (κ3) is 3.20. The molecular weight excluding hydrogens is 242 g/mol. The Kier molecular flexibility index (Phi) is 4.52. The number of amides is 1. The number of hydrogen-bond acceptors (Lipinski definition) is 3. The molecule has 0 heterocycles. The van der Waals surface area contributed by atoms with Crippen LogP contribution in [0.3, 0.4) is 0 Å². The van der Waals surface area contributed by atoms with Crippen LogP contribution in [0.5, 0.6) is 0 Å². The van der Waals surface area contributed by atoms with E-state index in [2.05, 4.69) is 4.74 Å². The molecule has 0 fully saturated rings. The van der Waals surface area contributed by atoms with Gasteiger partial charge in [-0.3, -0.25) is 4.79 Å². The van der Waals surface area contributed by atoms with E-state index in [1.54, 1.807) is 31.2 Å². The van der Waals surface area contributed by atoms with Crippen LogP contribution in [0, 0.1) is 0 Å². The first kappa shape index (κ1) is 13.5. The minimum Gasteiger partial charge on any atom is -0.453 e. The Hall–Kier alpha value is -1.55. The molecule has 1 unspecified atom stereocenters. The SMILES string of the molecule is COC(=O)N(C)C(C)C(=O)c1ccc(Cl)cc1. The Bertz CT molecular complexity index is 416. The number of ether oxygens (including phenoxy) is 1. The molecule has 0 saturated heterocycles. The molecule has 0 bridgehead atoms. The molecule has 17 heavy (non-hydrogen) atoms. The lowest BCUT2D eigenvalue weighted by molar-refractivity contribution is 0.0815. The summed E-state index contributed by atoms with van der Waals surface area (Å²) in [5.41, 5.74) is 0.512. The topological polar surface area (TPSA) is 46.6 Å². The van der Waals surface area contributed by atoms with Crippen molar-refractivity contribution in [3.8, 4) is 0 Å². The lowest BCUT2D eigenvalue weighted by Crippen LogP contribution is -2.40. The highest BCUT2D eigenvalue weighted by molar-refractivity contribution is 6.30. The van der Waals surface area contributed by atoms with Crippen molar-refractivity contribution in [3.05, 3.63) is 34.9 Å². The Morgan fingerprint density at radius 1 is 1.29 bits per heavy atom. The highest BCUT2D eigenvalue weighted by Crippen LogP contribution is 2.13. The molecule has 1 aromatic rings. The summed E-state index contributed by atoms with van der Waals surface area (Å²) in [5, 5.41) is 0.565. The van der Waals surface area contributed by atoms with Crippen LogP contribution in [-0.4, -0.2) is 37.0 Å². The lowest BCUT2D eigenvalue weighted by Gasteiger charge is -2.22. The van der Waals surface area contributed by atoms with Gasteiger partial charge in [-0.25, -0.2) is 4.79 Å². The summed E-state index contributed by atoms with van der Waals surface area (Å²) < 4.78 is 4.55. The van der Waals surface area contributed by atoms with E-state index in [-0.39, 0.29) is 5.78 Å². The molecule has 4 nitrogen and oxygen atoms in total. The van der Waals surface area contributed by atoms with Crippen molar-refractivity contribution in [2.75, 3.05) is 14.2 Å². The second-order valence-corrected chi connectivity index (χ2v) is 4.06. The van der Waals surface area contributed by atoms with Crippen molar-refractivity contribution in [1.82, 2.24) is 4.90 Å². The van der Waals surface area contributed by atoms with E-state index in [1.807, 2.05) is 0 Å². The van der Waals surface area contributed by atoms with Gasteiger partial charge in [0, 0.05) is 17.6 Å². The quantitative estimate of drug-likeness (QED) is 0.780. The van der Waals surface area contributed by atoms with Crippen molar-refractivity contribution in [1.29, 1.82) is 0 Å². The van der Waals surface area contributed by atoms with Crippen LogP contribution in [0.1, 0.15) is 17.3 Å². The number of methoxy groups -OCH3 is 1. The lowest BCUT2D eigenvalue weighted by atomic mass is 10.1. The van der Waals surface area contributed by atoms with Crippen LogP contribution in [0.25, 0.3) is 0 Å². The summed E-state index contributed by atoms with van der Waals surface area (Å²) in [5.74, 6) is -0.158. The number of rotatable bonds is 3. The highest BCUT2D eigenvalue weighted by atomic mass is 35.5. The number of carbonyl (C=O) groups excluding carboxylic acids is 2. The zero-order chi connectivity index (χ0) is 13.0. The Balaban J connectivity index is 2.83. The molecule has 1 aromatic carbocycles. The van der Waals surface area contributed by atoms with Gasteiger partial charge in [0.25, 0.3) is 0 Å². The summed E-state index contributed by atoms with van der Waals surface area (Å²) in [4.78, 5) is 24.5. The second-order valence-electron chi connectivity index (χ2n) is 3.63. The normalized spacial score (nSPS) is 11.8. The molecule has 0 aliphatic carbocycles. The molecule has 1 rings (SSSR count). The third-order valence-electron chi connectivity index (χ3n) is 2.55. The second kappa shape index (κ2) is 5.68. The number of halogens is 1. The minimum atomic E-state index is -0.580. The van der Waals surface area contributed by atoms with Crippen LogP contribution in [0.15, 0.2) is 24.3 Å². The molecule has 0 saturated carbocycles. The van der Waals surface area contributed by atoms with Gasteiger partial charge in [-0.2, -0.15) is 0 Å². The van der Waals surface area contributed by atoms with E-state index in [4.69, 9.17) is 11.6 Å². The van der Waals surface area contributed by atoms with Gasteiger partial charge in [0.15, 0.2) is 5.78 Å². The predicted molar refractivity (Wildman–Crippen MR) is 65.4 cm³/mol. The van der Waals surface area contributed by atoms with Crippen molar-refractivity contribution in [3.63, 3.8) is 0 Å². The molecule has 0 aromatic heterocycles. The summed E-state index contributed by atoms with van der Waals surface area (Å²) in [6.45, 7) is 1.65. The average molecular weight is 256 g/mol. The molecule has 1 amide bonds. The molecule has 0 radical (unpaired) electrons. The van der Waals surface area contributed by atoms with Gasteiger partial charge in [-0.15, -0.1) is 0 Å². The van der Waals surface area contributed by atoms with Gasteiger partial charge in [-0.1, -0.05) is 11.6 Å². The molecule has 0 spiro atoms. The highest BCUT2D eigenvalue weighted by Gasteiger charge is 2.23. The first-order valence-corrected chi connectivity index (χ1v) is 5.45. The van der Waals surface area contributed by atoms with E-state index in [0.717, 1.165) is 0 Å². The largest absolute Gasteiger partial charge is 0.453 e. The molecular formula is C12H14ClNO3. The fraction of sp³-hybridized carbons (Fsp3) is 0.333. The van der Waals surface area contributed by atoms with Crippen LogP contribution < -0.4 is 0 Å². The third-order valence-corrected chi connectivity index (χ3v) is 2.80. The fourth-order valence-corrected chi connectivity index (χ4v) is 1.46. The van der Waals surface area contributed by atoms with E-state index < -0.39 is 12.1 Å². The van der Waals surface area contributed by atoms with Crippen molar-refractivity contribution < 1.29 is 14.3 Å². The predicted octanol–water partition coefficient (Wildman–Crippen LogP) is 2.61. The van der Waals surface area contributed by atoms with E-state index in [0.29, 0.717) is 10.6 Å². The van der Waals surface area contributed by atoms with E-state index >= 15 is 0 Å². The minimum absolute atomic E-state index is 0.158. The molecule has 0 aliphatic rings. The molecule has 92 valence electrons. The Morgan fingerprint density at radius 3 is 2.29 bits per heavy atom. The molecule has 0 aliphatic heterocycles. The van der Waals surface area contributed by atoms with E-state index in [9.17, 15) is 9.59 Å². The number of carbonyl (C=O) groups is 2. The number of ketones is 1. The standard InChI is InChI=1S/C12H14ClNO3/c1-8(14(2)12(16)17-3)11(15)9-4-6-10(13)7-5-9/h4-8H,1-3H3. The van der Waals surface area contributed by atoms with Crippen molar-refractivity contribution >= 4 is 23.5 Å². The van der Waals surface area contributed by atoms with Gasteiger partial charge in [-0.05, 0) is 31.2 Å².